The van der Waals surface area contributed by atoms with Crippen molar-refractivity contribution in [2.24, 2.45) is 13.0 Å². The molecule has 2 aromatic heterocycles. The first-order valence-electron chi connectivity index (χ1n) is 11.2. The zero-order valence-corrected chi connectivity index (χ0v) is 20.2. The van der Waals surface area contributed by atoms with Crippen molar-refractivity contribution in [2.45, 2.75) is 38.4 Å². The average Bonchev–Trinajstić information content (AvgIpc) is 3.23. The maximum Gasteiger partial charge on any atom is 0.355 e. The molecule has 1 saturated heterocycles. The molecule has 3 aromatic rings. The van der Waals surface area contributed by atoms with Crippen LogP contribution in [0, 0.1) is 5.92 Å². The molecule has 0 spiro atoms. The predicted octanol–water partition coefficient (Wildman–Crippen LogP) is 3.28. The zero-order valence-electron chi connectivity index (χ0n) is 19.4. The van der Waals surface area contributed by atoms with Gasteiger partial charge in [0.2, 0.25) is 6.33 Å². The van der Waals surface area contributed by atoms with E-state index in [1.807, 2.05) is 66.2 Å². The molecule has 0 bridgehead atoms. The molecular weight excluding hydrogens is 436 g/mol. The van der Waals surface area contributed by atoms with E-state index in [4.69, 9.17) is 9.47 Å². The van der Waals surface area contributed by atoms with E-state index in [1.54, 1.807) is 7.11 Å². The quantitative estimate of drug-likeness (QED) is 0.411. The summed E-state index contributed by atoms with van der Waals surface area (Å²) in [7, 11) is 3.63. The molecule has 0 saturated carbocycles. The summed E-state index contributed by atoms with van der Waals surface area (Å²) in [5, 5.41) is 0.322. The third-order valence-corrected chi connectivity index (χ3v) is 8.30. The number of carbonyl (C=O) groups is 1. The molecule has 172 valence electrons. The summed E-state index contributed by atoms with van der Waals surface area (Å²) in [5.74, 6) is 1.87. The first kappa shape index (κ1) is 21.8. The molecule has 7 nitrogen and oxygen atoms in total. The molecule has 4 heterocycles. The van der Waals surface area contributed by atoms with Crippen molar-refractivity contribution in [3.05, 3.63) is 65.8 Å². The van der Waals surface area contributed by atoms with E-state index in [0.29, 0.717) is 23.9 Å². The van der Waals surface area contributed by atoms with Crippen LogP contribution in [0.2, 0.25) is 0 Å². The lowest BCUT2D eigenvalue weighted by atomic mass is 9.89. The van der Waals surface area contributed by atoms with Crippen molar-refractivity contribution in [3.8, 4) is 5.75 Å². The van der Waals surface area contributed by atoms with E-state index < -0.39 is 0 Å². The van der Waals surface area contributed by atoms with Crippen LogP contribution in [0.3, 0.4) is 0 Å². The number of aryl methyl sites for hydroxylation is 1. The van der Waals surface area contributed by atoms with E-state index in [-0.39, 0.29) is 12.6 Å². The summed E-state index contributed by atoms with van der Waals surface area (Å²) in [4.78, 5) is 20.2. The smallest absolute Gasteiger partial charge is 0.355 e. The van der Waals surface area contributed by atoms with Gasteiger partial charge in [-0.15, -0.1) is 11.8 Å². The van der Waals surface area contributed by atoms with Crippen LogP contribution in [-0.2, 0) is 29.7 Å². The second-order valence-corrected chi connectivity index (χ2v) is 9.89. The number of carbonyl (C=O) groups excluding carboxylic acids is 1. The lowest BCUT2D eigenvalue weighted by Gasteiger charge is -2.56. The van der Waals surface area contributed by atoms with Gasteiger partial charge in [0.05, 0.1) is 18.7 Å². The highest BCUT2D eigenvalue weighted by Gasteiger charge is 2.49. The summed E-state index contributed by atoms with van der Waals surface area (Å²) >= 11 is 1.91. The Kier molecular flexibility index (Phi) is 5.78. The second kappa shape index (κ2) is 8.74. The molecule has 1 aromatic carbocycles. The second-order valence-electron chi connectivity index (χ2n) is 8.79. The molecule has 0 N–H and O–H groups in total. The van der Waals surface area contributed by atoms with Gasteiger partial charge in [-0.05, 0) is 41.7 Å². The molecule has 0 radical (unpaired) electrons. The van der Waals surface area contributed by atoms with Gasteiger partial charge in [-0.3, -0.25) is 0 Å². The highest BCUT2D eigenvalue weighted by atomic mass is 32.2. The van der Waals surface area contributed by atoms with Crippen LogP contribution >= 0.6 is 11.8 Å². The van der Waals surface area contributed by atoms with Gasteiger partial charge in [-0.1, -0.05) is 19.1 Å². The fourth-order valence-corrected chi connectivity index (χ4v) is 6.26. The number of thioether (sulfide) groups is 1. The van der Waals surface area contributed by atoms with E-state index in [2.05, 4.69) is 34.4 Å². The number of benzene rings is 1. The predicted molar refractivity (Wildman–Crippen MR) is 127 cm³/mol. The fraction of sp³-hybridized carbons (Fsp3) is 0.400. The van der Waals surface area contributed by atoms with Gasteiger partial charge in [-0.2, -0.15) is 0 Å². The molecule has 0 amide bonds. The van der Waals surface area contributed by atoms with Gasteiger partial charge in [0.1, 0.15) is 30.1 Å². The number of rotatable bonds is 6. The summed E-state index contributed by atoms with van der Waals surface area (Å²) in [5.41, 5.74) is 4.71. The van der Waals surface area contributed by atoms with E-state index >= 15 is 0 Å². The van der Waals surface area contributed by atoms with Crippen molar-refractivity contribution >= 4 is 28.9 Å². The topological polar surface area (TPSA) is 60.5 Å². The molecule has 1 fully saturated rings. The van der Waals surface area contributed by atoms with Gasteiger partial charge in [0.25, 0.3) is 0 Å². The number of imidazole rings is 1. The molecule has 8 heteroatoms. The molecule has 0 aliphatic carbocycles. The number of fused-ring (bicyclic) bond motifs is 2. The Morgan fingerprint density at radius 1 is 1.24 bits per heavy atom. The molecule has 2 aliphatic heterocycles. The first-order valence-corrected chi connectivity index (χ1v) is 12.2. The first-order chi connectivity index (χ1) is 16.0. The van der Waals surface area contributed by atoms with Crippen LogP contribution in [0.5, 0.6) is 5.75 Å². The Hall–Kier alpha value is -3.00. The third-order valence-electron chi connectivity index (χ3n) is 6.78. The Bertz CT molecular complexity index is 1220. The Balaban J connectivity index is 1.44. The Labute approximate surface area is 198 Å². The third kappa shape index (κ3) is 3.86. The monoisotopic (exact) mass is 465 g/mol. The number of methoxy groups -OCH3 is 1. The summed E-state index contributed by atoms with van der Waals surface area (Å²) in [6.45, 7) is 5.29. The van der Waals surface area contributed by atoms with Crippen LogP contribution in [0.25, 0.3) is 11.2 Å². The maximum atomic E-state index is 13.4. The highest BCUT2D eigenvalue weighted by Crippen LogP contribution is 2.47. The normalized spacial score (nSPS) is 22.2. The lowest BCUT2D eigenvalue weighted by molar-refractivity contribution is -0.664. The number of hydrogen-bond acceptors (Lipinski definition) is 6. The fourth-order valence-electron chi connectivity index (χ4n) is 4.67. The Morgan fingerprint density at radius 3 is 2.79 bits per heavy atom. The van der Waals surface area contributed by atoms with Crippen molar-refractivity contribution in [2.75, 3.05) is 12.9 Å². The standard InChI is InChI=1S/C25H29N4O3S/c1-16-17(2)29-22(25(30)32-13-18-7-9-20(31-4)10-8-18)19(14-33-24(16)29)12-28-11-5-6-21-23(28)26-15-27(21)3/h5-11,15-17,24H,12-14H2,1-4H3/q+1. The van der Waals surface area contributed by atoms with Gasteiger partial charge >= 0.3 is 11.6 Å². The molecular formula is C25H29N4O3S+. The zero-order chi connectivity index (χ0) is 23.1. The number of esters is 1. The van der Waals surface area contributed by atoms with Gasteiger partial charge in [0, 0.05) is 30.3 Å². The number of hydrogen-bond donors (Lipinski definition) is 0. The van der Waals surface area contributed by atoms with Crippen LogP contribution in [0.4, 0.5) is 0 Å². The minimum atomic E-state index is -0.251. The average molecular weight is 466 g/mol. The number of pyridine rings is 1. The lowest BCUT2D eigenvalue weighted by Crippen LogP contribution is -2.62. The molecule has 5 rings (SSSR count). The van der Waals surface area contributed by atoms with Crippen LogP contribution < -0.4 is 9.30 Å². The Morgan fingerprint density at radius 2 is 2.03 bits per heavy atom. The van der Waals surface area contributed by atoms with Crippen molar-refractivity contribution in [1.29, 1.82) is 0 Å². The molecule has 2 aliphatic rings. The molecule has 3 atom stereocenters. The molecule has 33 heavy (non-hydrogen) atoms. The molecule has 3 unspecified atom stereocenters. The van der Waals surface area contributed by atoms with Crippen molar-refractivity contribution in [3.63, 3.8) is 0 Å². The number of aromatic nitrogens is 3. The van der Waals surface area contributed by atoms with Crippen LogP contribution in [0.15, 0.2) is 60.2 Å². The van der Waals surface area contributed by atoms with Crippen molar-refractivity contribution in [1.82, 2.24) is 14.5 Å². The van der Waals surface area contributed by atoms with E-state index in [0.717, 1.165) is 39.5 Å². The van der Waals surface area contributed by atoms with Crippen LogP contribution in [0.1, 0.15) is 19.4 Å². The van der Waals surface area contributed by atoms with Gasteiger partial charge < -0.3 is 18.9 Å². The van der Waals surface area contributed by atoms with Gasteiger partial charge in [0.15, 0.2) is 0 Å². The minimum Gasteiger partial charge on any atom is -0.497 e. The number of nitrogens with zero attached hydrogens (tertiary/aromatic N) is 4. The largest absolute Gasteiger partial charge is 0.497 e. The number of ether oxygens (including phenoxy) is 2. The summed E-state index contributed by atoms with van der Waals surface area (Å²) < 4.78 is 15.2. The minimum absolute atomic E-state index is 0.234. The van der Waals surface area contributed by atoms with Crippen LogP contribution in [-0.4, -0.2) is 44.7 Å². The summed E-state index contributed by atoms with van der Waals surface area (Å²) in [6.07, 6.45) is 3.85. The SMILES string of the molecule is COc1ccc(COC(=O)C2=C(C[n+]3cccc4c3ncn4C)CSC3C(C)C(C)N23)cc1. The van der Waals surface area contributed by atoms with E-state index in [1.165, 1.54) is 0 Å². The van der Waals surface area contributed by atoms with Gasteiger partial charge in [-0.25, -0.2) is 9.36 Å². The summed E-state index contributed by atoms with van der Waals surface area (Å²) in [6, 6.07) is 12.0. The van der Waals surface area contributed by atoms with E-state index in [9.17, 15) is 4.79 Å². The van der Waals surface area contributed by atoms with Crippen molar-refractivity contribution < 1.29 is 18.8 Å². The highest BCUT2D eigenvalue weighted by molar-refractivity contribution is 8.00. The maximum absolute atomic E-state index is 13.4.